The van der Waals surface area contributed by atoms with Gasteiger partial charge in [-0.1, -0.05) is 30.7 Å². The van der Waals surface area contributed by atoms with Crippen LogP contribution in [0.25, 0.3) is 0 Å². The summed E-state index contributed by atoms with van der Waals surface area (Å²) < 4.78 is 0. The van der Waals surface area contributed by atoms with Gasteiger partial charge in [0.25, 0.3) is 0 Å². The van der Waals surface area contributed by atoms with Crippen LogP contribution in [0, 0.1) is 5.92 Å². The average Bonchev–Trinajstić information content (AvgIpc) is 2.38. The van der Waals surface area contributed by atoms with Crippen molar-refractivity contribution < 1.29 is 0 Å². The maximum Gasteiger partial charge on any atom is 0.0441 e. The minimum Gasteiger partial charge on any atom is -0.310 e. The quantitative estimate of drug-likeness (QED) is 0.908. The fourth-order valence-corrected chi connectivity index (χ4v) is 2.89. The van der Waals surface area contributed by atoms with E-state index >= 15 is 0 Å². The molecule has 2 rings (SSSR count). The van der Waals surface area contributed by atoms with E-state index in [2.05, 4.69) is 49.4 Å². The maximum atomic E-state index is 6.41. The Kier molecular flexibility index (Phi) is 5.26. The van der Waals surface area contributed by atoms with Gasteiger partial charge in [-0.2, -0.15) is 0 Å². The second-order valence-electron chi connectivity index (χ2n) is 6.05. The molecule has 19 heavy (non-hydrogen) atoms. The van der Waals surface area contributed by atoms with Gasteiger partial charge in [-0.05, 0) is 63.0 Å². The molecule has 3 heteroatoms. The van der Waals surface area contributed by atoms with E-state index < -0.39 is 0 Å². The van der Waals surface area contributed by atoms with Crippen LogP contribution in [0.3, 0.4) is 0 Å². The van der Waals surface area contributed by atoms with Crippen LogP contribution in [0.5, 0.6) is 0 Å². The molecule has 1 aromatic carbocycles. The van der Waals surface area contributed by atoms with Crippen LogP contribution in [-0.2, 0) is 6.42 Å². The topological polar surface area (TPSA) is 15.3 Å². The monoisotopic (exact) mass is 280 g/mol. The first kappa shape index (κ1) is 14.8. The lowest BCUT2D eigenvalue weighted by Crippen LogP contribution is -2.31. The smallest absolute Gasteiger partial charge is 0.0441 e. The number of nitrogens with zero attached hydrogens (tertiary/aromatic N) is 1. The zero-order valence-electron chi connectivity index (χ0n) is 12.2. The Hall–Kier alpha value is -0.570. The second kappa shape index (κ2) is 6.74. The molecule has 0 aromatic heterocycles. The molecule has 1 aliphatic heterocycles. The number of nitrogens with one attached hydrogen (secondary N) is 1. The second-order valence-corrected chi connectivity index (χ2v) is 6.45. The lowest BCUT2D eigenvalue weighted by Gasteiger charge is -2.28. The predicted molar refractivity (Wildman–Crippen MR) is 82.9 cm³/mol. The van der Waals surface area contributed by atoms with Gasteiger partial charge in [0, 0.05) is 17.6 Å². The molecule has 2 atom stereocenters. The van der Waals surface area contributed by atoms with Gasteiger partial charge in [0.05, 0.1) is 0 Å². The fourth-order valence-electron chi connectivity index (χ4n) is 2.61. The predicted octanol–water partition coefficient (Wildman–Crippen LogP) is 3.50. The molecule has 1 aliphatic rings. The SMILES string of the molecule is C[C@H]1CCC(c2ccc(CCN(C)C)c(Cl)c2)NC1. The summed E-state index contributed by atoms with van der Waals surface area (Å²) >= 11 is 6.41. The highest BCUT2D eigenvalue weighted by atomic mass is 35.5. The largest absolute Gasteiger partial charge is 0.310 e. The molecule has 1 fully saturated rings. The molecule has 0 radical (unpaired) electrons. The average molecular weight is 281 g/mol. The molecule has 2 nitrogen and oxygen atoms in total. The summed E-state index contributed by atoms with van der Waals surface area (Å²) in [7, 11) is 4.19. The summed E-state index contributed by atoms with van der Waals surface area (Å²) in [6, 6.07) is 7.07. The molecule has 1 aromatic rings. The van der Waals surface area contributed by atoms with Crippen LogP contribution in [-0.4, -0.2) is 32.1 Å². The van der Waals surface area contributed by atoms with E-state index in [1.165, 1.54) is 24.0 Å². The molecule has 1 saturated heterocycles. The van der Waals surface area contributed by atoms with Crippen LogP contribution in [0.4, 0.5) is 0 Å². The summed E-state index contributed by atoms with van der Waals surface area (Å²) in [5.41, 5.74) is 2.59. The molecular weight excluding hydrogens is 256 g/mol. The molecule has 0 amide bonds. The van der Waals surface area contributed by atoms with E-state index in [1.54, 1.807) is 0 Å². The number of benzene rings is 1. The highest BCUT2D eigenvalue weighted by molar-refractivity contribution is 6.31. The molecular formula is C16H25ClN2. The third-order valence-electron chi connectivity index (χ3n) is 3.97. The number of hydrogen-bond donors (Lipinski definition) is 1. The summed E-state index contributed by atoms with van der Waals surface area (Å²) in [6.45, 7) is 4.46. The standard InChI is InChI=1S/C16H25ClN2/c1-12-4-7-16(18-11-12)14-6-5-13(15(17)10-14)8-9-19(2)3/h5-6,10,12,16,18H,4,7-9,11H2,1-3H3/t12-,16?/m0/s1. The van der Waals surface area contributed by atoms with E-state index in [0.29, 0.717) is 6.04 Å². The van der Waals surface area contributed by atoms with Gasteiger partial charge in [-0.15, -0.1) is 0 Å². The summed E-state index contributed by atoms with van der Waals surface area (Å²) in [5.74, 6) is 0.797. The summed E-state index contributed by atoms with van der Waals surface area (Å²) in [6.07, 6.45) is 3.54. The normalized spacial score (nSPS) is 23.8. The van der Waals surface area contributed by atoms with Crippen molar-refractivity contribution in [2.45, 2.75) is 32.2 Å². The summed E-state index contributed by atoms with van der Waals surface area (Å²) in [4.78, 5) is 2.19. The number of rotatable bonds is 4. The first-order chi connectivity index (χ1) is 9.06. The van der Waals surface area contributed by atoms with Crippen molar-refractivity contribution in [2.24, 2.45) is 5.92 Å². The molecule has 106 valence electrons. The maximum absolute atomic E-state index is 6.41. The minimum atomic E-state index is 0.483. The Morgan fingerprint density at radius 2 is 2.11 bits per heavy atom. The first-order valence-corrected chi connectivity index (χ1v) is 7.60. The van der Waals surface area contributed by atoms with E-state index in [1.807, 2.05) is 0 Å². The van der Waals surface area contributed by atoms with Gasteiger partial charge in [0.15, 0.2) is 0 Å². The van der Waals surface area contributed by atoms with Crippen molar-refractivity contribution in [1.29, 1.82) is 0 Å². The number of halogens is 1. The zero-order chi connectivity index (χ0) is 13.8. The highest BCUT2D eigenvalue weighted by Crippen LogP contribution is 2.28. The van der Waals surface area contributed by atoms with Gasteiger partial charge in [-0.25, -0.2) is 0 Å². The van der Waals surface area contributed by atoms with Crippen LogP contribution in [0.2, 0.25) is 5.02 Å². The van der Waals surface area contributed by atoms with E-state index in [0.717, 1.165) is 30.5 Å². The van der Waals surface area contributed by atoms with Gasteiger partial charge < -0.3 is 10.2 Å². The molecule has 0 bridgehead atoms. The highest BCUT2D eigenvalue weighted by Gasteiger charge is 2.19. The molecule has 0 saturated carbocycles. The van der Waals surface area contributed by atoms with Crippen LogP contribution in [0.15, 0.2) is 18.2 Å². The fraction of sp³-hybridized carbons (Fsp3) is 0.625. The molecule has 1 heterocycles. The van der Waals surface area contributed by atoms with E-state index in [9.17, 15) is 0 Å². The van der Waals surface area contributed by atoms with Crippen LogP contribution in [0.1, 0.15) is 36.9 Å². The van der Waals surface area contributed by atoms with E-state index in [4.69, 9.17) is 11.6 Å². The number of piperidine rings is 1. The number of hydrogen-bond acceptors (Lipinski definition) is 2. The zero-order valence-corrected chi connectivity index (χ0v) is 13.0. The van der Waals surface area contributed by atoms with Crippen LogP contribution >= 0.6 is 11.6 Å². The first-order valence-electron chi connectivity index (χ1n) is 7.22. The third kappa shape index (κ3) is 4.20. The van der Waals surface area contributed by atoms with Crippen molar-refractivity contribution >= 4 is 11.6 Å². The Morgan fingerprint density at radius 3 is 2.68 bits per heavy atom. The Bertz CT molecular complexity index is 409. The van der Waals surface area contributed by atoms with Crippen LogP contribution < -0.4 is 5.32 Å². The van der Waals surface area contributed by atoms with Crippen molar-refractivity contribution in [3.05, 3.63) is 34.3 Å². The Morgan fingerprint density at radius 1 is 1.32 bits per heavy atom. The van der Waals surface area contributed by atoms with Gasteiger partial charge in [0.1, 0.15) is 0 Å². The van der Waals surface area contributed by atoms with Gasteiger partial charge >= 0.3 is 0 Å². The van der Waals surface area contributed by atoms with Crippen molar-refractivity contribution in [1.82, 2.24) is 10.2 Å². The van der Waals surface area contributed by atoms with E-state index in [-0.39, 0.29) is 0 Å². The third-order valence-corrected chi connectivity index (χ3v) is 4.32. The molecule has 1 N–H and O–H groups in total. The van der Waals surface area contributed by atoms with Crippen molar-refractivity contribution in [2.75, 3.05) is 27.2 Å². The summed E-state index contributed by atoms with van der Waals surface area (Å²) in [5, 5.41) is 4.53. The lowest BCUT2D eigenvalue weighted by atomic mass is 9.91. The van der Waals surface area contributed by atoms with Crippen molar-refractivity contribution in [3.63, 3.8) is 0 Å². The molecule has 0 spiro atoms. The Balaban J connectivity index is 2.02. The molecule has 0 aliphatic carbocycles. The lowest BCUT2D eigenvalue weighted by molar-refractivity contribution is 0.333. The number of likely N-dealkylation sites (N-methyl/N-ethyl adjacent to an activating group) is 1. The van der Waals surface area contributed by atoms with Gasteiger partial charge in [0.2, 0.25) is 0 Å². The van der Waals surface area contributed by atoms with Gasteiger partial charge in [-0.3, -0.25) is 0 Å². The molecule has 1 unspecified atom stereocenters. The van der Waals surface area contributed by atoms with Crippen molar-refractivity contribution in [3.8, 4) is 0 Å². The Labute approximate surface area is 122 Å². The minimum absolute atomic E-state index is 0.483.